The molecular formula is C10H7N. The SMILES string of the molecule is [CH]c1cccc2ccncc12. The average molecular weight is 141 g/mol. The number of fused-ring (bicyclic) bond motifs is 1. The van der Waals surface area contributed by atoms with Crippen LogP contribution < -0.4 is 0 Å². The zero-order valence-electron chi connectivity index (χ0n) is 5.99. The molecule has 0 aliphatic heterocycles. The van der Waals surface area contributed by atoms with Crippen molar-refractivity contribution in [3.8, 4) is 0 Å². The van der Waals surface area contributed by atoms with Gasteiger partial charge < -0.3 is 0 Å². The van der Waals surface area contributed by atoms with Crippen molar-refractivity contribution in [1.29, 1.82) is 0 Å². The van der Waals surface area contributed by atoms with E-state index in [1.807, 2.05) is 24.3 Å². The molecule has 0 saturated heterocycles. The first-order valence-electron chi connectivity index (χ1n) is 3.46. The minimum absolute atomic E-state index is 0.788. The Morgan fingerprint density at radius 1 is 1.18 bits per heavy atom. The normalized spacial score (nSPS) is 10.3. The second-order valence-corrected chi connectivity index (χ2v) is 2.44. The molecule has 2 aromatic rings. The van der Waals surface area contributed by atoms with E-state index in [2.05, 4.69) is 4.98 Å². The van der Waals surface area contributed by atoms with Crippen LogP contribution in [0.2, 0.25) is 0 Å². The van der Waals surface area contributed by atoms with Crippen LogP contribution in [0.25, 0.3) is 10.8 Å². The highest BCUT2D eigenvalue weighted by atomic mass is 14.6. The predicted molar refractivity (Wildman–Crippen MR) is 45.1 cm³/mol. The van der Waals surface area contributed by atoms with E-state index in [-0.39, 0.29) is 0 Å². The van der Waals surface area contributed by atoms with Gasteiger partial charge in [-0.15, -0.1) is 0 Å². The van der Waals surface area contributed by atoms with Gasteiger partial charge in [-0.3, -0.25) is 4.98 Å². The highest BCUT2D eigenvalue weighted by Gasteiger charge is 1.93. The summed E-state index contributed by atoms with van der Waals surface area (Å²) in [5.74, 6) is 0. The lowest BCUT2D eigenvalue weighted by atomic mass is 10.1. The molecule has 0 amide bonds. The lowest BCUT2D eigenvalue weighted by Gasteiger charge is -1.97. The first-order valence-corrected chi connectivity index (χ1v) is 3.46. The summed E-state index contributed by atoms with van der Waals surface area (Å²) in [4.78, 5) is 3.99. The maximum absolute atomic E-state index is 5.72. The van der Waals surface area contributed by atoms with E-state index < -0.39 is 0 Å². The van der Waals surface area contributed by atoms with Gasteiger partial charge in [-0.05, 0) is 23.9 Å². The Kier molecular flexibility index (Phi) is 1.35. The number of benzene rings is 1. The highest BCUT2D eigenvalue weighted by Crippen LogP contribution is 2.15. The zero-order valence-corrected chi connectivity index (χ0v) is 5.99. The molecule has 1 nitrogen and oxygen atoms in total. The zero-order chi connectivity index (χ0) is 7.68. The molecule has 1 heterocycles. The Morgan fingerprint density at radius 2 is 2.09 bits per heavy atom. The van der Waals surface area contributed by atoms with Gasteiger partial charge >= 0.3 is 0 Å². The summed E-state index contributed by atoms with van der Waals surface area (Å²) < 4.78 is 0. The Labute approximate surface area is 65.7 Å². The van der Waals surface area contributed by atoms with Crippen LogP contribution in [-0.2, 0) is 0 Å². The van der Waals surface area contributed by atoms with E-state index in [0.29, 0.717) is 0 Å². The van der Waals surface area contributed by atoms with Gasteiger partial charge in [0, 0.05) is 17.8 Å². The lowest BCUT2D eigenvalue weighted by Crippen LogP contribution is -1.78. The molecule has 52 valence electrons. The van der Waals surface area contributed by atoms with Gasteiger partial charge in [0.1, 0.15) is 0 Å². The minimum Gasteiger partial charge on any atom is -0.264 e. The van der Waals surface area contributed by atoms with Crippen LogP contribution in [0.15, 0.2) is 36.7 Å². The van der Waals surface area contributed by atoms with Crippen LogP contribution in [0.5, 0.6) is 0 Å². The van der Waals surface area contributed by atoms with E-state index >= 15 is 0 Å². The van der Waals surface area contributed by atoms with Crippen molar-refractivity contribution in [3.05, 3.63) is 49.1 Å². The van der Waals surface area contributed by atoms with Crippen molar-refractivity contribution in [1.82, 2.24) is 4.98 Å². The van der Waals surface area contributed by atoms with E-state index in [1.54, 1.807) is 12.4 Å². The van der Waals surface area contributed by atoms with Crippen LogP contribution >= 0.6 is 0 Å². The summed E-state index contributed by atoms with van der Waals surface area (Å²) in [5, 5.41) is 2.16. The van der Waals surface area contributed by atoms with E-state index in [4.69, 9.17) is 6.92 Å². The molecule has 0 aliphatic rings. The summed E-state index contributed by atoms with van der Waals surface area (Å²) in [7, 11) is 0. The number of nitrogens with zero attached hydrogens (tertiary/aromatic N) is 1. The molecule has 11 heavy (non-hydrogen) atoms. The lowest BCUT2D eigenvalue weighted by molar-refractivity contribution is 1.36. The third-order valence-electron chi connectivity index (χ3n) is 1.72. The second kappa shape index (κ2) is 2.35. The standard InChI is InChI=1S/C10H7N/c1-8-3-2-4-9-5-6-11-7-10(8)9/h1-7H. The molecule has 1 aromatic carbocycles. The molecule has 0 unspecified atom stereocenters. The van der Waals surface area contributed by atoms with Gasteiger partial charge in [-0.1, -0.05) is 18.2 Å². The monoisotopic (exact) mass is 141 g/mol. The number of pyridine rings is 1. The van der Waals surface area contributed by atoms with Crippen LogP contribution in [-0.4, -0.2) is 4.98 Å². The van der Waals surface area contributed by atoms with Gasteiger partial charge in [-0.25, -0.2) is 0 Å². The maximum atomic E-state index is 5.72. The summed E-state index contributed by atoms with van der Waals surface area (Å²) in [6.07, 6.45) is 3.55. The fraction of sp³-hybridized carbons (Fsp3) is 0. The van der Waals surface area contributed by atoms with Crippen molar-refractivity contribution < 1.29 is 0 Å². The fourth-order valence-electron chi connectivity index (χ4n) is 1.14. The third-order valence-corrected chi connectivity index (χ3v) is 1.72. The Balaban J connectivity index is 2.91. The number of hydrogen-bond acceptors (Lipinski definition) is 1. The first kappa shape index (κ1) is 6.35. The van der Waals surface area contributed by atoms with Crippen molar-refractivity contribution in [2.45, 2.75) is 0 Å². The van der Waals surface area contributed by atoms with Crippen molar-refractivity contribution in [3.63, 3.8) is 0 Å². The molecule has 0 saturated carbocycles. The number of aromatic nitrogens is 1. The van der Waals surface area contributed by atoms with E-state index in [9.17, 15) is 0 Å². The van der Waals surface area contributed by atoms with Gasteiger partial charge in [-0.2, -0.15) is 0 Å². The quantitative estimate of drug-likeness (QED) is 0.548. The highest BCUT2D eigenvalue weighted by molar-refractivity contribution is 5.85. The molecule has 2 radical (unpaired) electrons. The summed E-state index contributed by atoms with van der Waals surface area (Å²) >= 11 is 0. The molecule has 1 aromatic heterocycles. The van der Waals surface area contributed by atoms with Crippen molar-refractivity contribution in [2.24, 2.45) is 0 Å². The molecule has 0 spiro atoms. The average Bonchev–Trinajstić information content (AvgIpc) is 2.06. The molecule has 1 heteroatoms. The van der Waals surface area contributed by atoms with Crippen molar-refractivity contribution >= 4 is 10.8 Å². The number of hydrogen-bond donors (Lipinski definition) is 0. The van der Waals surface area contributed by atoms with Crippen LogP contribution in [0.1, 0.15) is 5.56 Å². The molecule has 0 fully saturated rings. The molecular weight excluding hydrogens is 134 g/mol. The fourth-order valence-corrected chi connectivity index (χ4v) is 1.14. The van der Waals surface area contributed by atoms with Crippen molar-refractivity contribution in [2.75, 3.05) is 0 Å². The Morgan fingerprint density at radius 3 is 2.91 bits per heavy atom. The van der Waals surface area contributed by atoms with Crippen LogP contribution in [0.3, 0.4) is 0 Å². The summed E-state index contributed by atoms with van der Waals surface area (Å²) in [6, 6.07) is 7.79. The second-order valence-electron chi connectivity index (χ2n) is 2.44. The van der Waals surface area contributed by atoms with Crippen LogP contribution in [0, 0.1) is 6.92 Å². The van der Waals surface area contributed by atoms with Gasteiger partial charge in [0.2, 0.25) is 0 Å². The topological polar surface area (TPSA) is 12.9 Å². The minimum atomic E-state index is 0.788. The smallest absolute Gasteiger partial charge is 0.0349 e. The van der Waals surface area contributed by atoms with E-state index in [0.717, 1.165) is 16.3 Å². The Hall–Kier alpha value is -1.37. The van der Waals surface area contributed by atoms with Gasteiger partial charge in [0.05, 0.1) is 0 Å². The summed E-state index contributed by atoms with van der Waals surface area (Å²) in [6.45, 7) is 5.72. The van der Waals surface area contributed by atoms with Gasteiger partial charge in [0.15, 0.2) is 0 Å². The maximum Gasteiger partial charge on any atom is 0.0349 e. The third kappa shape index (κ3) is 0.984. The molecule has 0 bridgehead atoms. The van der Waals surface area contributed by atoms with E-state index in [1.165, 1.54) is 0 Å². The molecule has 0 N–H and O–H groups in total. The first-order chi connectivity index (χ1) is 5.38. The van der Waals surface area contributed by atoms with Gasteiger partial charge in [0.25, 0.3) is 0 Å². The molecule has 2 rings (SSSR count). The summed E-state index contributed by atoms with van der Waals surface area (Å²) in [5.41, 5.74) is 0.788. The molecule has 0 aliphatic carbocycles. The molecule has 0 atom stereocenters. The number of rotatable bonds is 0. The Bertz CT molecular complexity index is 374. The van der Waals surface area contributed by atoms with Crippen LogP contribution in [0.4, 0.5) is 0 Å². The largest absolute Gasteiger partial charge is 0.264 e. The predicted octanol–water partition coefficient (Wildman–Crippen LogP) is 2.29.